The predicted octanol–water partition coefficient (Wildman–Crippen LogP) is 6.78. The fraction of sp³-hybridized carbons (Fsp3) is 0.594. The first-order valence-corrected chi connectivity index (χ1v) is 14.7. The van der Waals surface area contributed by atoms with Gasteiger partial charge in [0.2, 0.25) is 16.7 Å². The quantitative estimate of drug-likeness (QED) is 0.328. The van der Waals surface area contributed by atoms with Gasteiger partial charge in [-0.05, 0) is 63.5 Å². The van der Waals surface area contributed by atoms with E-state index in [1.54, 1.807) is 0 Å². The van der Waals surface area contributed by atoms with Gasteiger partial charge in [0.15, 0.2) is 0 Å². The maximum absolute atomic E-state index is 13.6. The van der Waals surface area contributed by atoms with Gasteiger partial charge in [0, 0.05) is 5.56 Å². The Labute approximate surface area is 249 Å². The van der Waals surface area contributed by atoms with Gasteiger partial charge in [-0.25, -0.2) is 19.6 Å². The number of carbonyl (C=O) groups is 2. The summed E-state index contributed by atoms with van der Waals surface area (Å²) in [6, 6.07) is 9.41. The highest BCUT2D eigenvalue weighted by atomic mass is 32.2. The summed E-state index contributed by atoms with van der Waals surface area (Å²) < 4.78 is 16.9. The molecule has 3 rings (SSSR count). The van der Waals surface area contributed by atoms with Gasteiger partial charge in [-0.2, -0.15) is 0 Å². The lowest BCUT2D eigenvalue weighted by Gasteiger charge is -2.31. The molecule has 1 spiro atoms. The lowest BCUT2D eigenvalue weighted by atomic mass is 9.82. The summed E-state index contributed by atoms with van der Waals surface area (Å²) in [5, 5.41) is 0.342. The molecule has 0 radical (unpaired) electrons. The first-order valence-electron chi connectivity index (χ1n) is 13.9. The van der Waals surface area contributed by atoms with Crippen molar-refractivity contribution >= 4 is 40.5 Å². The molecule has 8 nitrogen and oxygen atoms in total. The topological polar surface area (TPSA) is 98.9 Å². The molecule has 0 fully saturated rings. The van der Waals surface area contributed by atoms with E-state index in [1.807, 2.05) is 58.0 Å². The highest BCUT2D eigenvalue weighted by molar-refractivity contribution is 8.17. The lowest BCUT2D eigenvalue weighted by molar-refractivity contribution is -0.139. The Kier molecular flexibility index (Phi) is 9.04. The van der Waals surface area contributed by atoms with Crippen molar-refractivity contribution in [2.75, 3.05) is 14.2 Å². The molecular formula is C32H45N3O5S. The molecule has 9 heteroatoms. The van der Waals surface area contributed by atoms with Crippen LogP contribution in [0.2, 0.25) is 0 Å². The molecule has 1 aromatic rings. The normalized spacial score (nSPS) is 21.9. The highest BCUT2D eigenvalue weighted by Gasteiger charge is 2.60. The Bertz CT molecular complexity index is 1310. The highest BCUT2D eigenvalue weighted by Crippen LogP contribution is 2.52. The van der Waals surface area contributed by atoms with E-state index in [-0.39, 0.29) is 27.9 Å². The zero-order chi connectivity index (χ0) is 31.0. The Morgan fingerprint density at radius 2 is 1.34 bits per heavy atom. The van der Waals surface area contributed by atoms with Crippen molar-refractivity contribution in [1.29, 1.82) is 0 Å². The second kappa shape index (κ2) is 11.4. The van der Waals surface area contributed by atoms with Crippen molar-refractivity contribution in [3.63, 3.8) is 0 Å². The number of rotatable bonds is 7. The van der Waals surface area contributed by atoms with Crippen LogP contribution in [0.1, 0.15) is 87.6 Å². The first-order chi connectivity index (χ1) is 18.7. The van der Waals surface area contributed by atoms with Crippen LogP contribution in [0.15, 0.2) is 56.5 Å². The van der Waals surface area contributed by atoms with Crippen molar-refractivity contribution in [3.05, 3.63) is 47.0 Å². The predicted molar refractivity (Wildman–Crippen MR) is 167 cm³/mol. The number of nitrogens with zero attached hydrogens (tertiary/aromatic N) is 3. The van der Waals surface area contributed by atoms with Gasteiger partial charge in [0.1, 0.15) is 16.2 Å². The number of ether oxygens (including phenoxy) is 3. The minimum Gasteiger partial charge on any atom is -0.466 e. The van der Waals surface area contributed by atoms with Crippen molar-refractivity contribution in [2.45, 2.75) is 98.0 Å². The molecule has 224 valence electrons. The molecule has 0 aliphatic carbocycles. The molecule has 0 N–H and O–H groups in total. The molecule has 0 bridgehead atoms. The first kappa shape index (κ1) is 32.6. The summed E-state index contributed by atoms with van der Waals surface area (Å²) in [5.41, 5.74) is -0.483. The van der Waals surface area contributed by atoms with E-state index in [1.165, 1.54) is 26.0 Å². The zero-order valence-electron chi connectivity index (χ0n) is 26.6. The van der Waals surface area contributed by atoms with Crippen LogP contribution in [0.4, 0.5) is 0 Å². The van der Waals surface area contributed by atoms with E-state index >= 15 is 0 Å². The Balaban J connectivity index is 2.38. The standard InChI is InChI=1S/C32H45N3O5S/c1-28(2,3)18-30(7,8)34-24-21(25(36)38-11)22(26(37)39-12)32(41-24)27(35-31(9,10)19-29(4,5)6)40-23(33-32)20-16-14-13-15-17-20/h13-17H,18-19H2,1-12H3. The SMILES string of the molecule is COC(=O)C1=C(C(=O)OC)C2(N=C(c3ccccc3)OC2=NC(C)(C)CC(C)(C)C)SC1=NC(C)(C)CC(C)(C)C. The minimum atomic E-state index is -1.52. The van der Waals surface area contributed by atoms with Crippen LogP contribution >= 0.6 is 11.8 Å². The molecule has 2 aliphatic rings. The molecule has 1 atom stereocenters. The number of thioether (sulfide) groups is 1. The molecule has 41 heavy (non-hydrogen) atoms. The number of carbonyl (C=O) groups excluding carboxylic acids is 2. The third-order valence-corrected chi connectivity index (χ3v) is 7.58. The summed E-state index contributed by atoms with van der Waals surface area (Å²) in [5.74, 6) is -0.920. The number of benzene rings is 1. The Hall–Kier alpha value is -2.94. The molecular weight excluding hydrogens is 538 g/mol. The van der Waals surface area contributed by atoms with Crippen molar-refractivity contribution in [1.82, 2.24) is 0 Å². The fourth-order valence-corrected chi connectivity index (χ4v) is 7.31. The van der Waals surface area contributed by atoms with Crippen LogP contribution in [0.25, 0.3) is 0 Å². The molecule has 0 saturated carbocycles. The van der Waals surface area contributed by atoms with Crippen LogP contribution < -0.4 is 0 Å². The molecule has 0 aromatic heterocycles. The summed E-state index contributed by atoms with van der Waals surface area (Å²) in [4.78, 5) is 40.6. The van der Waals surface area contributed by atoms with Crippen LogP contribution in [0.3, 0.4) is 0 Å². The third-order valence-electron chi connectivity index (χ3n) is 6.32. The largest absolute Gasteiger partial charge is 0.466 e. The monoisotopic (exact) mass is 583 g/mol. The van der Waals surface area contributed by atoms with E-state index in [0.717, 1.165) is 12.8 Å². The zero-order valence-corrected chi connectivity index (χ0v) is 27.4. The van der Waals surface area contributed by atoms with Crippen molar-refractivity contribution < 1.29 is 23.8 Å². The maximum Gasteiger partial charge on any atom is 0.341 e. The van der Waals surface area contributed by atoms with E-state index in [0.29, 0.717) is 16.5 Å². The fourth-order valence-electron chi connectivity index (χ4n) is 5.86. The second-order valence-electron chi connectivity index (χ2n) is 14.3. The summed E-state index contributed by atoms with van der Waals surface area (Å²) >= 11 is 1.17. The van der Waals surface area contributed by atoms with Crippen LogP contribution in [-0.4, -0.2) is 58.9 Å². The molecule has 0 amide bonds. The minimum absolute atomic E-state index is 0.00148. The number of hydrogen-bond donors (Lipinski definition) is 0. The van der Waals surface area contributed by atoms with Crippen LogP contribution in [0, 0.1) is 10.8 Å². The van der Waals surface area contributed by atoms with Crippen molar-refractivity contribution in [3.8, 4) is 0 Å². The summed E-state index contributed by atoms with van der Waals surface area (Å²) in [6.45, 7) is 20.9. The maximum atomic E-state index is 13.6. The second-order valence-corrected chi connectivity index (χ2v) is 15.5. The third kappa shape index (κ3) is 7.67. The van der Waals surface area contributed by atoms with Gasteiger partial charge in [-0.3, -0.25) is 4.99 Å². The van der Waals surface area contributed by atoms with Crippen LogP contribution in [-0.2, 0) is 23.8 Å². The Morgan fingerprint density at radius 1 is 0.829 bits per heavy atom. The van der Waals surface area contributed by atoms with Gasteiger partial charge in [-0.15, -0.1) is 0 Å². The van der Waals surface area contributed by atoms with E-state index in [2.05, 4.69) is 41.5 Å². The van der Waals surface area contributed by atoms with E-state index in [9.17, 15) is 9.59 Å². The van der Waals surface area contributed by atoms with Gasteiger partial charge < -0.3 is 14.2 Å². The Morgan fingerprint density at radius 3 is 1.83 bits per heavy atom. The summed E-state index contributed by atoms with van der Waals surface area (Å²) in [6.07, 6.45) is 1.46. The number of hydrogen-bond acceptors (Lipinski definition) is 9. The van der Waals surface area contributed by atoms with Gasteiger partial charge in [-0.1, -0.05) is 71.5 Å². The molecule has 2 heterocycles. The number of aliphatic imine (C=N–C) groups is 3. The van der Waals surface area contributed by atoms with Crippen molar-refractivity contribution in [2.24, 2.45) is 25.8 Å². The molecule has 1 unspecified atom stereocenters. The smallest absolute Gasteiger partial charge is 0.341 e. The molecule has 2 aliphatic heterocycles. The average molecular weight is 584 g/mol. The van der Waals surface area contributed by atoms with Gasteiger partial charge in [0.25, 0.3) is 0 Å². The summed E-state index contributed by atoms with van der Waals surface area (Å²) in [7, 11) is 2.56. The van der Waals surface area contributed by atoms with Crippen LogP contribution in [0.5, 0.6) is 0 Å². The van der Waals surface area contributed by atoms with E-state index < -0.39 is 27.9 Å². The number of esters is 2. The van der Waals surface area contributed by atoms with E-state index in [4.69, 9.17) is 29.2 Å². The average Bonchev–Trinajstić information content (AvgIpc) is 3.32. The molecule has 0 saturated heterocycles. The number of methoxy groups -OCH3 is 2. The lowest BCUT2D eigenvalue weighted by Crippen LogP contribution is -2.38. The molecule has 1 aromatic carbocycles. The van der Waals surface area contributed by atoms with Gasteiger partial charge in [0.05, 0.1) is 25.3 Å². The van der Waals surface area contributed by atoms with Gasteiger partial charge >= 0.3 is 11.9 Å².